The standard InChI is InChI=1S/C19H21NO/c1-13-9-14(2)18(15(3)10-13)11-19(4,21)17-7-5-16(12-20)6-8-17/h5-10,21H,11H2,1-4H3. The summed E-state index contributed by atoms with van der Waals surface area (Å²) in [5.74, 6) is 0. The summed E-state index contributed by atoms with van der Waals surface area (Å²) in [6.07, 6.45) is 0.566. The molecule has 2 aromatic rings. The van der Waals surface area contributed by atoms with Gasteiger partial charge in [0.1, 0.15) is 0 Å². The molecule has 1 atom stereocenters. The van der Waals surface area contributed by atoms with Crippen LogP contribution in [0.3, 0.4) is 0 Å². The van der Waals surface area contributed by atoms with Gasteiger partial charge in [-0.2, -0.15) is 5.26 Å². The molecule has 0 bridgehead atoms. The van der Waals surface area contributed by atoms with Crippen LogP contribution in [0.15, 0.2) is 36.4 Å². The maximum Gasteiger partial charge on any atom is 0.0991 e. The average Bonchev–Trinajstić information content (AvgIpc) is 2.43. The molecule has 0 spiro atoms. The number of hydrogen-bond acceptors (Lipinski definition) is 2. The molecule has 1 N–H and O–H groups in total. The molecule has 0 fully saturated rings. The van der Waals surface area contributed by atoms with Crippen LogP contribution >= 0.6 is 0 Å². The number of benzene rings is 2. The van der Waals surface area contributed by atoms with Crippen molar-refractivity contribution >= 4 is 0 Å². The molecule has 108 valence electrons. The van der Waals surface area contributed by atoms with E-state index in [2.05, 4.69) is 39.0 Å². The Balaban J connectivity index is 2.35. The lowest BCUT2D eigenvalue weighted by Gasteiger charge is -2.26. The van der Waals surface area contributed by atoms with Crippen molar-refractivity contribution in [2.75, 3.05) is 0 Å². The van der Waals surface area contributed by atoms with Gasteiger partial charge in [0.15, 0.2) is 0 Å². The predicted molar refractivity (Wildman–Crippen MR) is 85.1 cm³/mol. The molecule has 0 amide bonds. The van der Waals surface area contributed by atoms with E-state index in [4.69, 9.17) is 5.26 Å². The maximum absolute atomic E-state index is 10.8. The highest BCUT2D eigenvalue weighted by Crippen LogP contribution is 2.29. The molecule has 21 heavy (non-hydrogen) atoms. The molecular formula is C19H21NO. The summed E-state index contributed by atoms with van der Waals surface area (Å²) < 4.78 is 0. The minimum Gasteiger partial charge on any atom is -0.385 e. The number of aliphatic hydroxyl groups is 1. The summed E-state index contributed by atoms with van der Waals surface area (Å²) >= 11 is 0. The van der Waals surface area contributed by atoms with E-state index in [-0.39, 0.29) is 0 Å². The fourth-order valence-electron chi connectivity index (χ4n) is 2.84. The maximum atomic E-state index is 10.8. The summed E-state index contributed by atoms with van der Waals surface area (Å²) in [6.45, 7) is 8.09. The Morgan fingerprint density at radius 3 is 2.05 bits per heavy atom. The molecular weight excluding hydrogens is 258 g/mol. The zero-order chi connectivity index (χ0) is 15.6. The highest BCUT2D eigenvalue weighted by Gasteiger charge is 2.25. The zero-order valence-electron chi connectivity index (χ0n) is 13.1. The lowest BCUT2D eigenvalue weighted by molar-refractivity contribution is 0.0573. The lowest BCUT2D eigenvalue weighted by Crippen LogP contribution is -2.25. The van der Waals surface area contributed by atoms with E-state index in [1.165, 1.54) is 22.3 Å². The van der Waals surface area contributed by atoms with E-state index in [1.54, 1.807) is 12.1 Å². The van der Waals surface area contributed by atoms with Crippen molar-refractivity contribution in [1.82, 2.24) is 0 Å². The Kier molecular flexibility index (Phi) is 4.16. The highest BCUT2D eigenvalue weighted by molar-refractivity contribution is 5.40. The minimum atomic E-state index is -0.946. The molecule has 2 aromatic carbocycles. The summed E-state index contributed by atoms with van der Waals surface area (Å²) in [7, 11) is 0. The zero-order valence-corrected chi connectivity index (χ0v) is 13.1. The number of nitriles is 1. The molecule has 0 aliphatic rings. The Morgan fingerprint density at radius 1 is 1.05 bits per heavy atom. The molecule has 0 saturated carbocycles. The van der Waals surface area contributed by atoms with Crippen LogP contribution in [-0.2, 0) is 12.0 Å². The van der Waals surface area contributed by atoms with Crippen LogP contribution in [0, 0.1) is 32.1 Å². The quantitative estimate of drug-likeness (QED) is 0.925. The first-order valence-electron chi connectivity index (χ1n) is 7.13. The van der Waals surface area contributed by atoms with Crippen molar-refractivity contribution < 1.29 is 5.11 Å². The molecule has 0 radical (unpaired) electrons. The second kappa shape index (κ2) is 5.71. The lowest BCUT2D eigenvalue weighted by atomic mass is 9.85. The van der Waals surface area contributed by atoms with Crippen LogP contribution in [0.1, 0.15) is 40.3 Å². The normalized spacial score (nSPS) is 13.5. The van der Waals surface area contributed by atoms with Gasteiger partial charge in [-0.05, 0) is 62.1 Å². The Labute approximate surface area is 126 Å². The van der Waals surface area contributed by atoms with E-state index >= 15 is 0 Å². The van der Waals surface area contributed by atoms with Gasteiger partial charge in [-0.25, -0.2) is 0 Å². The SMILES string of the molecule is Cc1cc(C)c(CC(C)(O)c2ccc(C#N)cc2)c(C)c1. The van der Waals surface area contributed by atoms with Crippen molar-refractivity contribution in [2.24, 2.45) is 0 Å². The van der Waals surface area contributed by atoms with E-state index in [1.807, 2.05) is 19.1 Å². The second-order valence-corrected chi connectivity index (χ2v) is 6.02. The number of rotatable bonds is 3. The van der Waals surface area contributed by atoms with Crippen LogP contribution in [-0.4, -0.2) is 5.11 Å². The molecule has 0 aliphatic heterocycles. The van der Waals surface area contributed by atoms with Crippen molar-refractivity contribution in [3.8, 4) is 6.07 Å². The molecule has 2 nitrogen and oxygen atoms in total. The van der Waals surface area contributed by atoms with E-state index in [0.717, 1.165) is 5.56 Å². The van der Waals surface area contributed by atoms with Gasteiger partial charge in [-0.1, -0.05) is 29.8 Å². The molecule has 0 saturated heterocycles. The summed E-state index contributed by atoms with van der Waals surface area (Å²) in [5.41, 5.74) is 5.35. The first-order valence-corrected chi connectivity index (χ1v) is 7.13. The van der Waals surface area contributed by atoms with Crippen LogP contribution in [0.5, 0.6) is 0 Å². The van der Waals surface area contributed by atoms with Gasteiger partial charge in [0.05, 0.1) is 17.2 Å². The molecule has 0 heterocycles. The predicted octanol–water partition coefficient (Wildman–Crippen LogP) is 3.93. The van der Waals surface area contributed by atoms with Gasteiger partial charge >= 0.3 is 0 Å². The van der Waals surface area contributed by atoms with Gasteiger partial charge in [0.25, 0.3) is 0 Å². The second-order valence-electron chi connectivity index (χ2n) is 6.02. The third-order valence-corrected chi connectivity index (χ3v) is 4.00. The van der Waals surface area contributed by atoms with Crippen molar-refractivity contribution in [3.63, 3.8) is 0 Å². The van der Waals surface area contributed by atoms with E-state index < -0.39 is 5.60 Å². The Hall–Kier alpha value is -2.11. The Morgan fingerprint density at radius 2 is 1.57 bits per heavy atom. The Bertz CT molecular complexity index is 667. The van der Waals surface area contributed by atoms with E-state index in [0.29, 0.717) is 12.0 Å². The molecule has 0 aromatic heterocycles. The van der Waals surface area contributed by atoms with Gasteiger partial charge in [-0.15, -0.1) is 0 Å². The first-order chi connectivity index (χ1) is 9.83. The van der Waals surface area contributed by atoms with Crippen molar-refractivity contribution in [1.29, 1.82) is 5.26 Å². The van der Waals surface area contributed by atoms with Gasteiger partial charge in [-0.3, -0.25) is 0 Å². The largest absolute Gasteiger partial charge is 0.385 e. The number of nitrogens with zero attached hydrogens (tertiary/aromatic N) is 1. The number of aryl methyl sites for hydroxylation is 3. The van der Waals surface area contributed by atoms with Gasteiger partial charge < -0.3 is 5.11 Å². The van der Waals surface area contributed by atoms with Crippen LogP contribution < -0.4 is 0 Å². The third kappa shape index (κ3) is 3.32. The monoisotopic (exact) mass is 279 g/mol. The third-order valence-electron chi connectivity index (χ3n) is 4.00. The van der Waals surface area contributed by atoms with Crippen LogP contribution in [0.25, 0.3) is 0 Å². The molecule has 1 unspecified atom stereocenters. The fourth-order valence-corrected chi connectivity index (χ4v) is 2.84. The van der Waals surface area contributed by atoms with Crippen LogP contribution in [0.4, 0.5) is 0 Å². The number of hydrogen-bond donors (Lipinski definition) is 1. The molecule has 2 heteroatoms. The van der Waals surface area contributed by atoms with Crippen molar-refractivity contribution in [3.05, 3.63) is 69.8 Å². The molecule has 2 rings (SSSR count). The van der Waals surface area contributed by atoms with Gasteiger partial charge in [0.2, 0.25) is 0 Å². The minimum absolute atomic E-state index is 0.566. The topological polar surface area (TPSA) is 44.0 Å². The van der Waals surface area contributed by atoms with Gasteiger partial charge in [0, 0.05) is 6.42 Å². The van der Waals surface area contributed by atoms with Crippen LogP contribution in [0.2, 0.25) is 0 Å². The summed E-state index contributed by atoms with van der Waals surface area (Å²) in [4.78, 5) is 0. The van der Waals surface area contributed by atoms with E-state index in [9.17, 15) is 5.11 Å². The molecule has 0 aliphatic carbocycles. The fraction of sp³-hybridized carbons (Fsp3) is 0.316. The van der Waals surface area contributed by atoms with Crippen molar-refractivity contribution in [2.45, 2.75) is 39.7 Å². The highest BCUT2D eigenvalue weighted by atomic mass is 16.3. The average molecular weight is 279 g/mol. The summed E-state index contributed by atoms with van der Waals surface area (Å²) in [6, 6.07) is 13.6. The first kappa shape index (κ1) is 15.3. The smallest absolute Gasteiger partial charge is 0.0991 e. The summed E-state index contributed by atoms with van der Waals surface area (Å²) in [5, 5.41) is 19.7.